The summed E-state index contributed by atoms with van der Waals surface area (Å²) in [4.78, 5) is 24.4. The molecule has 0 radical (unpaired) electrons. The molecule has 0 bridgehead atoms. The number of nitrogens with zero attached hydrogens (tertiary/aromatic N) is 1. The summed E-state index contributed by atoms with van der Waals surface area (Å²) in [6.45, 7) is 2.10. The van der Waals surface area contributed by atoms with Crippen LogP contribution in [0.3, 0.4) is 0 Å². The first kappa shape index (κ1) is 15.8. The zero-order valence-corrected chi connectivity index (χ0v) is 12.9. The summed E-state index contributed by atoms with van der Waals surface area (Å²) in [5.41, 5.74) is 0.967. The van der Waals surface area contributed by atoms with E-state index in [1.165, 1.54) is 0 Å². The number of hydrogen-bond acceptors (Lipinski definition) is 4. The molecule has 2 heterocycles. The Balaban J connectivity index is 1.51. The molecule has 23 heavy (non-hydrogen) atoms. The summed E-state index contributed by atoms with van der Waals surface area (Å²) < 4.78 is 11.2. The highest BCUT2D eigenvalue weighted by atomic mass is 16.5. The van der Waals surface area contributed by atoms with Crippen LogP contribution >= 0.6 is 0 Å². The van der Waals surface area contributed by atoms with E-state index in [2.05, 4.69) is 0 Å². The Kier molecular flexibility index (Phi) is 4.81. The lowest BCUT2D eigenvalue weighted by Crippen LogP contribution is -2.25. The van der Waals surface area contributed by atoms with Gasteiger partial charge in [-0.15, -0.1) is 0 Å². The van der Waals surface area contributed by atoms with Gasteiger partial charge >= 0.3 is 5.97 Å². The smallest absolute Gasteiger partial charge is 0.308 e. The number of ether oxygens (including phenoxy) is 2. The number of rotatable bonds is 6. The Bertz CT molecular complexity index is 565. The molecule has 2 atom stereocenters. The van der Waals surface area contributed by atoms with Gasteiger partial charge in [-0.05, 0) is 30.5 Å². The highest BCUT2D eigenvalue weighted by Gasteiger charge is 2.34. The Morgan fingerprint density at radius 2 is 2.13 bits per heavy atom. The van der Waals surface area contributed by atoms with Crippen molar-refractivity contribution in [1.29, 1.82) is 0 Å². The van der Waals surface area contributed by atoms with Crippen molar-refractivity contribution in [1.82, 2.24) is 4.90 Å². The maximum Gasteiger partial charge on any atom is 0.308 e. The first-order chi connectivity index (χ1) is 11.1. The second kappa shape index (κ2) is 7.00. The topological polar surface area (TPSA) is 76.1 Å². The molecule has 6 nitrogen and oxygen atoms in total. The van der Waals surface area contributed by atoms with E-state index in [1.807, 2.05) is 24.3 Å². The van der Waals surface area contributed by atoms with Crippen LogP contribution in [0.15, 0.2) is 24.3 Å². The normalized spacial score (nSPS) is 24.2. The van der Waals surface area contributed by atoms with Gasteiger partial charge in [0.2, 0.25) is 5.91 Å². The fourth-order valence-corrected chi connectivity index (χ4v) is 2.97. The van der Waals surface area contributed by atoms with E-state index in [0.29, 0.717) is 13.2 Å². The van der Waals surface area contributed by atoms with Crippen molar-refractivity contribution in [3.63, 3.8) is 0 Å². The third-order valence-corrected chi connectivity index (χ3v) is 4.32. The van der Waals surface area contributed by atoms with Crippen molar-refractivity contribution in [2.45, 2.75) is 31.9 Å². The van der Waals surface area contributed by atoms with Gasteiger partial charge < -0.3 is 19.5 Å². The summed E-state index contributed by atoms with van der Waals surface area (Å²) in [5.74, 6) is -0.813. The number of carbonyl (C=O) groups excluding carboxylic acids is 1. The third kappa shape index (κ3) is 4.01. The Labute approximate surface area is 135 Å². The van der Waals surface area contributed by atoms with E-state index < -0.39 is 11.9 Å². The zero-order chi connectivity index (χ0) is 16.2. The molecule has 0 unspecified atom stereocenters. The Morgan fingerprint density at radius 3 is 2.74 bits per heavy atom. The van der Waals surface area contributed by atoms with Crippen LogP contribution in [0.4, 0.5) is 0 Å². The summed E-state index contributed by atoms with van der Waals surface area (Å²) >= 11 is 0. The van der Waals surface area contributed by atoms with E-state index in [9.17, 15) is 9.59 Å². The van der Waals surface area contributed by atoms with Gasteiger partial charge in [0.1, 0.15) is 12.4 Å². The van der Waals surface area contributed by atoms with Crippen molar-refractivity contribution in [3.05, 3.63) is 29.8 Å². The number of aliphatic carboxylic acids is 1. The molecule has 0 aromatic heterocycles. The van der Waals surface area contributed by atoms with Crippen molar-refractivity contribution in [2.24, 2.45) is 5.92 Å². The Hall–Kier alpha value is -2.08. The highest BCUT2D eigenvalue weighted by Crippen LogP contribution is 2.22. The van der Waals surface area contributed by atoms with Crippen LogP contribution < -0.4 is 4.74 Å². The van der Waals surface area contributed by atoms with Crippen molar-refractivity contribution >= 4 is 11.9 Å². The number of amides is 1. The van der Waals surface area contributed by atoms with Crippen LogP contribution in [0, 0.1) is 5.92 Å². The summed E-state index contributed by atoms with van der Waals surface area (Å²) in [7, 11) is 0. The number of carboxylic acid groups (broad SMARTS) is 1. The van der Waals surface area contributed by atoms with Crippen LogP contribution in [-0.4, -0.2) is 47.7 Å². The van der Waals surface area contributed by atoms with Crippen LogP contribution in [0.5, 0.6) is 5.75 Å². The largest absolute Gasteiger partial charge is 0.491 e. The average Bonchev–Trinajstić information content (AvgIpc) is 3.17. The molecule has 1 aromatic carbocycles. The second-order valence-corrected chi connectivity index (χ2v) is 6.10. The summed E-state index contributed by atoms with van der Waals surface area (Å²) in [6.07, 6.45) is 2.41. The molecule has 2 saturated heterocycles. The standard InChI is InChI=1S/C17H21NO5/c19-16-8-13(17(20)21)10-18(16)9-12-3-5-14(6-4-12)23-11-15-2-1-7-22-15/h3-6,13,15H,1-2,7-11H2,(H,20,21)/t13-,15+/m1/s1. The first-order valence-electron chi connectivity index (χ1n) is 7.96. The van der Waals surface area contributed by atoms with Gasteiger partial charge in [-0.3, -0.25) is 9.59 Å². The lowest BCUT2D eigenvalue weighted by molar-refractivity contribution is -0.141. The average molecular weight is 319 g/mol. The van der Waals surface area contributed by atoms with Gasteiger partial charge in [0.05, 0.1) is 12.0 Å². The van der Waals surface area contributed by atoms with E-state index in [0.717, 1.165) is 30.8 Å². The molecule has 124 valence electrons. The molecular weight excluding hydrogens is 298 g/mol. The first-order valence-corrected chi connectivity index (χ1v) is 7.96. The number of likely N-dealkylation sites (tertiary alicyclic amines) is 1. The lowest BCUT2D eigenvalue weighted by atomic mass is 10.1. The van der Waals surface area contributed by atoms with Gasteiger partial charge in [0.15, 0.2) is 0 Å². The van der Waals surface area contributed by atoms with Gasteiger partial charge in [-0.1, -0.05) is 12.1 Å². The maximum absolute atomic E-state index is 11.8. The van der Waals surface area contributed by atoms with E-state index >= 15 is 0 Å². The molecule has 1 aromatic rings. The molecule has 2 fully saturated rings. The predicted molar refractivity (Wildman–Crippen MR) is 82.1 cm³/mol. The molecule has 0 aliphatic carbocycles. The molecule has 1 N–H and O–H groups in total. The minimum atomic E-state index is -0.904. The minimum Gasteiger partial charge on any atom is -0.491 e. The molecule has 1 amide bonds. The molecule has 0 saturated carbocycles. The minimum absolute atomic E-state index is 0.0952. The van der Waals surface area contributed by atoms with Gasteiger partial charge in [0, 0.05) is 26.1 Å². The van der Waals surface area contributed by atoms with E-state index in [4.69, 9.17) is 14.6 Å². The maximum atomic E-state index is 11.8. The molecule has 2 aliphatic rings. The fourth-order valence-electron chi connectivity index (χ4n) is 2.97. The van der Waals surface area contributed by atoms with E-state index in [1.54, 1.807) is 4.90 Å². The van der Waals surface area contributed by atoms with Crippen molar-refractivity contribution in [2.75, 3.05) is 19.8 Å². The summed E-state index contributed by atoms with van der Waals surface area (Å²) in [5, 5.41) is 8.99. The fraction of sp³-hybridized carbons (Fsp3) is 0.529. The van der Waals surface area contributed by atoms with Crippen LogP contribution in [0.1, 0.15) is 24.8 Å². The van der Waals surface area contributed by atoms with Crippen LogP contribution in [0.25, 0.3) is 0 Å². The predicted octanol–water partition coefficient (Wildman–Crippen LogP) is 1.68. The number of hydrogen-bond donors (Lipinski definition) is 1. The Morgan fingerprint density at radius 1 is 1.35 bits per heavy atom. The molecule has 3 rings (SSSR count). The molecule has 0 spiro atoms. The number of benzene rings is 1. The van der Waals surface area contributed by atoms with Crippen molar-refractivity contribution < 1.29 is 24.2 Å². The number of carboxylic acids is 1. The monoisotopic (exact) mass is 319 g/mol. The number of carbonyl (C=O) groups is 2. The van der Waals surface area contributed by atoms with E-state index in [-0.39, 0.29) is 25.0 Å². The van der Waals surface area contributed by atoms with Gasteiger partial charge in [0.25, 0.3) is 0 Å². The lowest BCUT2D eigenvalue weighted by Gasteiger charge is -2.16. The highest BCUT2D eigenvalue weighted by molar-refractivity contribution is 5.86. The zero-order valence-electron chi connectivity index (χ0n) is 12.9. The van der Waals surface area contributed by atoms with Crippen molar-refractivity contribution in [3.8, 4) is 5.75 Å². The summed E-state index contributed by atoms with van der Waals surface area (Å²) in [6, 6.07) is 7.57. The molecular formula is C17H21NO5. The SMILES string of the molecule is O=C(O)[C@@H]1CC(=O)N(Cc2ccc(OC[C@@H]3CCCO3)cc2)C1. The molecule has 6 heteroatoms. The quantitative estimate of drug-likeness (QED) is 0.863. The van der Waals surface area contributed by atoms with Crippen LogP contribution in [0.2, 0.25) is 0 Å². The third-order valence-electron chi connectivity index (χ3n) is 4.32. The van der Waals surface area contributed by atoms with Gasteiger partial charge in [-0.2, -0.15) is 0 Å². The second-order valence-electron chi connectivity index (χ2n) is 6.10. The van der Waals surface area contributed by atoms with Crippen LogP contribution in [-0.2, 0) is 20.9 Å². The molecule has 2 aliphatic heterocycles. The van der Waals surface area contributed by atoms with Gasteiger partial charge in [-0.25, -0.2) is 0 Å².